The number of aromatic nitrogens is 1. The number of carboxylic acid groups (broad SMARTS) is 1. The molecule has 0 saturated carbocycles. The summed E-state index contributed by atoms with van der Waals surface area (Å²) >= 11 is 6.57. The molecule has 7 heteroatoms. The van der Waals surface area contributed by atoms with Crippen molar-refractivity contribution in [2.45, 2.75) is 12.5 Å². The molecule has 0 unspecified atom stereocenters. The molecule has 0 amide bonds. The van der Waals surface area contributed by atoms with Crippen molar-refractivity contribution in [1.82, 2.24) is 4.57 Å². The average Bonchev–Trinajstić information content (AvgIpc) is 3.22. The van der Waals surface area contributed by atoms with Crippen molar-refractivity contribution in [3.05, 3.63) is 74.6 Å². The lowest BCUT2D eigenvalue weighted by Gasteiger charge is -2.15. The summed E-state index contributed by atoms with van der Waals surface area (Å²) in [6.07, 6.45) is 3.76. The van der Waals surface area contributed by atoms with Gasteiger partial charge in [-0.15, -0.1) is 11.3 Å². The summed E-state index contributed by atoms with van der Waals surface area (Å²) in [5.41, 5.74) is 3.54. The minimum absolute atomic E-state index is 0.136. The first-order valence-electron chi connectivity index (χ1n) is 8.61. The first kappa shape index (κ1) is 18.3. The zero-order chi connectivity index (χ0) is 19.7. The number of aliphatic imine (C=N–C) groups is 1. The number of thiazole rings is 1. The summed E-state index contributed by atoms with van der Waals surface area (Å²) < 4.78 is 1.63. The molecule has 3 aromatic rings. The number of aliphatic carboxylic acids is 1. The lowest BCUT2D eigenvalue weighted by molar-refractivity contribution is -0.141. The van der Waals surface area contributed by atoms with Crippen molar-refractivity contribution < 1.29 is 15.0 Å². The molecule has 28 heavy (non-hydrogen) atoms. The van der Waals surface area contributed by atoms with E-state index < -0.39 is 12.0 Å². The number of para-hydroxylation sites is 1. The van der Waals surface area contributed by atoms with Crippen LogP contribution < -0.4 is 0 Å². The topological polar surface area (TPSA) is 74.8 Å². The van der Waals surface area contributed by atoms with Crippen LogP contribution in [0.2, 0.25) is 0 Å². The Morgan fingerprint density at radius 3 is 2.64 bits per heavy atom. The summed E-state index contributed by atoms with van der Waals surface area (Å²) in [6, 6.07) is 16.0. The first-order chi connectivity index (χ1) is 13.5. The van der Waals surface area contributed by atoms with Crippen molar-refractivity contribution in [1.29, 1.82) is 0 Å². The second-order valence-electron chi connectivity index (χ2n) is 6.34. The van der Waals surface area contributed by atoms with E-state index in [4.69, 9.17) is 12.2 Å². The number of benzene rings is 2. The standard InChI is InChI=1S/C21H16N2O3S2/c24-19-18(11-14-12-22-16-9-5-4-8-15(14)16)28-21(27)23(19)17(20(25)26)10-13-6-2-1-3-7-13/h1-9,11-12,17,24H,10H2,(H,25,26)/t17-/m0/s1. The lowest BCUT2D eigenvalue weighted by Crippen LogP contribution is -2.21. The van der Waals surface area contributed by atoms with Crippen LogP contribution in [0.3, 0.4) is 0 Å². The minimum atomic E-state index is -1.04. The molecular weight excluding hydrogens is 392 g/mol. The SMILES string of the molecule is O=C(O)[C@H](Cc1ccccc1)n1c(O)c(C=C2C=Nc3ccccc32)sc1=S. The van der Waals surface area contributed by atoms with Crippen molar-refractivity contribution >= 4 is 53.1 Å². The molecule has 0 fully saturated rings. The van der Waals surface area contributed by atoms with E-state index >= 15 is 0 Å². The van der Waals surface area contributed by atoms with Gasteiger partial charge in [-0.3, -0.25) is 9.56 Å². The Balaban J connectivity index is 1.73. The van der Waals surface area contributed by atoms with Gasteiger partial charge >= 0.3 is 5.97 Å². The summed E-state index contributed by atoms with van der Waals surface area (Å²) in [7, 11) is 0. The zero-order valence-corrected chi connectivity index (χ0v) is 16.3. The third-order valence-corrected chi connectivity index (χ3v) is 5.89. The van der Waals surface area contributed by atoms with Crippen LogP contribution >= 0.6 is 23.6 Å². The van der Waals surface area contributed by atoms with Gasteiger partial charge in [0.1, 0.15) is 6.04 Å². The van der Waals surface area contributed by atoms with Crippen LogP contribution in [0.4, 0.5) is 5.69 Å². The molecule has 4 rings (SSSR count). The van der Waals surface area contributed by atoms with Gasteiger partial charge in [0.25, 0.3) is 0 Å². The van der Waals surface area contributed by atoms with Crippen molar-refractivity contribution in [3.63, 3.8) is 0 Å². The molecule has 0 spiro atoms. The molecule has 1 aromatic heterocycles. The molecule has 0 bridgehead atoms. The van der Waals surface area contributed by atoms with Gasteiger partial charge in [-0.05, 0) is 29.9 Å². The largest absolute Gasteiger partial charge is 0.493 e. The number of nitrogens with zero attached hydrogens (tertiary/aromatic N) is 2. The summed E-state index contributed by atoms with van der Waals surface area (Å²) in [5.74, 6) is -1.18. The van der Waals surface area contributed by atoms with Gasteiger partial charge in [0.2, 0.25) is 5.88 Å². The number of carboxylic acids is 1. The van der Waals surface area contributed by atoms with Crippen molar-refractivity contribution in [2.24, 2.45) is 4.99 Å². The Bertz CT molecular complexity index is 1160. The van der Waals surface area contributed by atoms with Crippen molar-refractivity contribution in [2.75, 3.05) is 0 Å². The van der Waals surface area contributed by atoms with Gasteiger partial charge < -0.3 is 10.2 Å². The highest BCUT2D eigenvalue weighted by Crippen LogP contribution is 2.37. The maximum Gasteiger partial charge on any atom is 0.327 e. The Kier molecular flexibility index (Phi) is 4.93. The maximum absolute atomic E-state index is 11.9. The number of fused-ring (bicyclic) bond motifs is 1. The van der Waals surface area contributed by atoms with Crippen molar-refractivity contribution in [3.8, 4) is 5.88 Å². The second kappa shape index (κ2) is 7.53. The van der Waals surface area contributed by atoms with Crippen LogP contribution in [0.1, 0.15) is 22.0 Å². The fourth-order valence-corrected chi connectivity index (χ4v) is 4.54. The molecule has 5 nitrogen and oxygen atoms in total. The molecular formula is C21H16N2O3S2. The second-order valence-corrected chi connectivity index (χ2v) is 8.02. The highest BCUT2D eigenvalue weighted by atomic mass is 32.1. The molecule has 2 aromatic carbocycles. The van der Waals surface area contributed by atoms with Gasteiger partial charge in [-0.25, -0.2) is 4.79 Å². The van der Waals surface area contributed by atoms with E-state index in [0.717, 1.165) is 22.4 Å². The predicted octanol–water partition coefficient (Wildman–Crippen LogP) is 5.11. The van der Waals surface area contributed by atoms with E-state index in [1.807, 2.05) is 54.6 Å². The van der Waals surface area contributed by atoms with Crippen LogP contribution in [0, 0.1) is 3.95 Å². The molecule has 1 aliphatic heterocycles. The normalized spacial score (nSPS) is 14.9. The first-order valence-corrected chi connectivity index (χ1v) is 9.83. The van der Waals surface area contributed by atoms with E-state index in [-0.39, 0.29) is 12.3 Å². The van der Waals surface area contributed by atoms with Crippen LogP contribution in [0.25, 0.3) is 11.6 Å². The Morgan fingerprint density at radius 2 is 1.89 bits per heavy atom. The summed E-state index contributed by atoms with van der Waals surface area (Å²) in [5, 5.41) is 20.5. The quantitative estimate of drug-likeness (QED) is 0.575. The Labute approximate surface area is 170 Å². The fraction of sp³-hybridized carbons (Fsp3) is 0.0952. The van der Waals surface area contributed by atoms with E-state index in [1.54, 1.807) is 12.3 Å². The van der Waals surface area contributed by atoms with Crippen LogP contribution in [-0.2, 0) is 11.2 Å². The summed E-state index contributed by atoms with van der Waals surface area (Å²) in [6.45, 7) is 0. The average molecular weight is 409 g/mol. The summed E-state index contributed by atoms with van der Waals surface area (Å²) in [4.78, 5) is 16.8. The number of hydrogen-bond donors (Lipinski definition) is 2. The van der Waals surface area contributed by atoms with Gasteiger partial charge in [-0.1, -0.05) is 48.5 Å². The number of carbonyl (C=O) groups is 1. The van der Waals surface area contributed by atoms with E-state index in [9.17, 15) is 15.0 Å². The molecule has 0 saturated heterocycles. The molecule has 2 heterocycles. The fourth-order valence-electron chi connectivity index (χ4n) is 3.18. The minimum Gasteiger partial charge on any atom is -0.493 e. The lowest BCUT2D eigenvalue weighted by atomic mass is 10.1. The molecule has 0 aliphatic carbocycles. The number of aromatic hydroxyl groups is 1. The van der Waals surface area contributed by atoms with Crippen LogP contribution in [0.15, 0.2) is 59.6 Å². The Morgan fingerprint density at radius 1 is 1.18 bits per heavy atom. The van der Waals surface area contributed by atoms with E-state index in [1.165, 1.54) is 15.9 Å². The van der Waals surface area contributed by atoms with Crippen LogP contribution in [-0.4, -0.2) is 27.0 Å². The van der Waals surface area contributed by atoms with Gasteiger partial charge in [0, 0.05) is 23.8 Å². The molecule has 0 radical (unpaired) electrons. The van der Waals surface area contributed by atoms with E-state index in [2.05, 4.69) is 4.99 Å². The third-order valence-electron chi connectivity index (χ3n) is 4.56. The molecule has 2 N–H and O–H groups in total. The van der Waals surface area contributed by atoms with Crippen LogP contribution in [0.5, 0.6) is 5.88 Å². The van der Waals surface area contributed by atoms with Gasteiger partial charge in [0.05, 0.1) is 10.6 Å². The van der Waals surface area contributed by atoms with E-state index in [0.29, 0.717) is 8.83 Å². The highest BCUT2D eigenvalue weighted by Gasteiger charge is 2.26. The highest BCUT2D eigenvalue weighted by molar-refractivity contribution is 7.73. The zero-order valence-electron chi connectivity index (χ0n) is 14.6. The molecule has 1 atom stereocenters. The third kappa shape index (κ3) is 3.42. The number of hydrogen-bond acceptors (Lipinski definition) is 5. The monoisotopic (exact) mass is 408 g/mol. The smallest absolute Gasteiger partial charge is 0.327 e. The van der Waals surface area contributed by atoms with Gasteiger partial charge in [0.15, 0.2) is 3.95 Å². The predicted molar refractivity (Wildman–Crippen MR) is 114 cm³/mol. The molecule has 140 valence electrons. The maximum atomic E-state index is 11.9. The number of rotatable bonds is 5. The molecule has 1 aliphatic rings. The Hall–Kier alpha value is -3.03. The number of allylic oxidation sites excluding steroid dienone is 1. The van der Waals surface area contributed by atoms with Gasteiger partial charge in [-0.2, -0.15) is 0 Å².